The van der Waals surface area contributed by atoms with Crippen LogP contribution in [0.2, 0.25) is 5.02 Å². The average molecular weight is 597 g/mol. The molecule has 0 saturated carbocycles. The van der Waals surface area contributed by atoms with Crippen molar-refractivity contribution in [2.75, 3.05) is 17.3 Å². The Morgan fingerprint density at radius 2 is 1.70 bits per heavy atom. The topological polar surface area (TPSA) is 103 Å². The number of methoxy groups -OCH3 is 1. The predicted molar refractivity (Wildman–Crippen MR) is 162 cm³/mol. The summed E-state index contributed by atoms with van der Waals surface area (Å²) in [6.07, 6.45) is 0. The Hall–Kier alpha value is -5.20. The maximum atomic E-state index is 14.3. The zero-order valence-electron chi connectivity index (χ0n) is 23.5. The van der Waals surface area contributed by atoms with Crippen molar-refractivity contribution in [3.05, 3.63) is 112 Å². The second kappa shape index (κ2) is 11.6. The molecule has 3 amide bonds. The summed E-state index contributed by atoms with van der Waals surface area (Å²) < 4.78 is 19.1. The molecule has 1 fully saturated rings. The number of rotatable bonds is 7. The van der Waals surface area contributed by atoms with Gasteiger partial charge in [-0.15, -0.1) is 0 Å². The molecule has 10 heteroatoms. The summed E-state index contributed by atoms with van der Waals surface area (Å²) in [5.74, 6) is -1.42. The normalized spacial score (nSPS) is 14.0. The van der Waals surface area contributed by atoms with E-state index >= 15 is 0 Å². The van der Waals surface area contributed by atoms with Gasteiger partial charge in [-0.3, -0.25) is 4.79 Å². The Balaban J connectivity index is 1.46. The zero-order valence-corrected chi connectivity index (χ0v) is 24.3. The summed E-state index contributed by atoms with van der Waals surface area (Å²) in [7, 11) is 1.29. The zero-order chi connectivity index (χ0) is 30.9. The number of hydrogen-bond acceptors (Lipinski definition) is 6. The summed E-state index contributed by atoms with van der Waals surface area (Å²) in [4.78, 5) is 41.9. The number of nitrogens with one attached hydrogen (secondary N) is 1. The van der Waals surface area contributed by atoms with Gasteiger partial charge in [0.15, 0.2) is 0 Å². The van der Waals surface area contributed by atoms with E-state index in [1.807, 2.05) is 0 Å². The summed E-state index contributed by atoms with van der Waals surface area (Å²) >= 11 is 6.04. The van der Waals surface area contributed by atoms with Gasteiger partial charge >= 0.3 is 12.0 Å². The molecule has 0 bridgehead atoms. The van der Waals surface area contributed by atoms with Crippen molar-refractivity contribution in [1.29, 1.82) is 5.26 Å². The fourth-order valence-electron chi connectivity index (χ4n) is 4.90. The smallest absolute Gasteiger partial charge is 0.337 e. The molecule has 0 atom stereocenters. The van der Waals surface area contributed by atoms with Crippen molar-refractivity contribution in [1.82, 2.24) is 4.90 Å². The van der Waals surface area contributed by atoms with Crippen LogP contribution in [0.5, 0.6) is 0 Å². The van der Waals surface area contributed by atoms with Crippen LogP contribution >= 0.6 is 11.6 Å². The fourth-order valence-corrected chi connectivity index (χ4v) is 5.03. The Morgan fingerprint density at radius 1 is 1.00 bits per heavy atom. The van der Waals surface area contributed by atoms with Gasteiger partial charge in [-0.25, -0.2) is 18.9 Å². The first-order valence-corrected chi connectivity index (χ1v) is 13.6. The molecular formula is C33H26ClFN4O4. The van der Waals surface area contributed by atoms with E-state index in [4.69, 9.17) is 16.3 Å². The monoisotopic (exact) mass is 596 g/mol. The molecule has 1 aliphatic rings. The minimum atomic E-state index is -1.24. The Labute approximate surface area is 252 Å². The van der Waals surface area contributed by atoms with Crippen LogP contribution in [0, 0.1) is 17.1 Å². The molecule has 0 aromatic heterocycles. The molecule has 0 radical (unpaired) electrons. The molecule has 0 spiro atoms. The number of hydrogen-bond donors (Lipinski definition) is 1. The quantitative estimate of drug-likeness (QED) is 0.177. The number of nitrogens with zero attached hydrogens (tertiary/aromatic N) is 3. The van der Waals surface area contributed by atoms with Crippen molar-refractivity contribution >= 4 is 46.6 Å². The maximum absolute atomic E-state index is 14.3. The van der Waals surface area contributed by atoms with Crippen LogP contribution in [0.15, 0.2) is 84.9 Å². The number of carbonyl (C=O) groups is 3. The number of esters is 1. The van der Waals surface area contributed by atoms with E-state index < -0.39 is 29.3 Å². The largest absolute Gasteiger partial charge is 0.465 e. The molecule has 1 heterocycles. The van der Waals surface area contributed by atoms with Crippen molar-refractivity contribution in [2.24, 2.45) is 0 Å². The number of carbonyl (C=O) groups excluding carboxylic acids is 3. The SMILES string of the molecule is COC(=O)c1ccc(Nc2cc(F)ccc2CN2C(=O)N(c3ccc(C#N)c(-c4ccc(Cl)cc4)c3)C(=O)C2(C)C)cc1. The molecule has 43 heavy (non-hydrogen) atoms. The number of amides is 3. The van der Waals surface area contributed by atoms with E-state index in [1.54, 1.807) is 86.6 Å². The maximum Gasteiger partial charge on any atom is 0.337 e. The van der Waals surface area contributed by atoms with Gasteiger partial charge in [-0.05, 0) is 91.7 Å². The number of ether oxygens (including phenoxy) is 1. The Bertz CT molecular complexity index is 1780. The highest BCUT2D eigenvalue weighted by molar-refractivity contribution is 6.30. The van der Waals surface area contributed by atoms with E-state index in [0.29, 0.717) is 49.9 Å². The molecule has 1 aliphatic heterocycles. The molecule has 4 aromatic rings. The molecule has 4 aromatic carbocycles. The molecule has 0 unspecified atom stereocenters. The number of halogens is 2. The van der Waals surface area contributed by atoms with Crippen LogP contribution in [0.4, 0.5) is 26.2 Å². The first-order chi connectivity index (χ1) is 20.5. The highest BCUT2D eigenvalue weighted by atomic mass is 35.5. The second-order valence-electron chi connectivity index (χ2n) is 10.4. The third-order valence-corrected chi connectivity index (χ3v) is 7.60. The van der Waals surface area contributed by atoms with Crippen LogP contribution in [0.3, 0.4) is 0 Å². The Morgan fingerprint density at radius 3 is 2.35 bits per heavy atom. The first kappa shape index (κ1) is 29.3. The third kappa shape index (κ3) is 5.65. The van der Waals surface area contributed by atoms with Gasteiger partial charge in [0.1, 0.15) is 11.4 Å². The van der Waals surface area contributed by atoms with E-state index in [2.05, 4.69) is 11.4 Å². The number of anilines is 3. The molecular weight excluding hydrogens is 571 g/mol. The molecule has 5 rings (SSSR count). The van der Waals surface area contributed by atoms with E-state index in [9.17, 15) is 24.0 Å². The fraction of sp³-hybridized carbons (Fsp3) is 0.152. The van der Waals surface area contributed by atoms with Gasteiger partial charge in [0.2, 0.25) is 0 Å². The lowest BCUT2D eigenvalue weighted by molar-refractivity contribution is -0.123. The van der Waals surface area contributed by atoms with Crippen LogP contribution in [0.25, 0.3) is 11.1 Å². The van der Waals surface area contributed by atoms with Gasteiger partial charge in [-0.2, -0.15) is 5.26 Å². The summed E-state index contributed by atoms with van der Waals surface area (Å²) in [6.45, 7) is 3.30. The highest BCUT2D eigenvalue weighted by Crippen LogP contribution is 2.37. The summed E-state index contributed by atoms with van der Waals surface area (Å²) in [6, 6.07) is 23.9. The molecule has 216 valence electrons. The lowest BCUT2D eigenvalue weighted by Gasteiger charge is -2.28. The van der Waals surface area contributed by atoms with Crippen molar-refractivity contribution in [2.45, 2.75) is 25.9 Å². The molecule has 0 aliphatic carbocycles. The van der Waals surface area contributed by atoms with Gasteiger partial charge in [0.25, 0.3) is 5.91 Å². The summed E-state index contributed by atoms with van der Waals surface area (Å²) in [5, 5.41) is 13.4. The van der Waals surface area contributed by atoms with Crippen LogP contribution in [0.1, 0.15) is 35.3 Å². The lowest BCUT2D eigenvalue weighted by atomic mass is 9.99. The van der Waals surface area contributed by atoms with Gasteiger partial charge < -0.3 is 15.0 Å². The lowest BCUT2D eigenvalue weighted by Crippen LogP contribution is -2.43. The van der Waals surface area contributed by atoms with Crippen molar-refractivity contribution in [3.63, 3.8) is 0 Å². The van der Waals surface area contributed by atoms with Gasteiger partial charge in [-0.1, -0.05) is 29.8 Å². The highest BCUT2D eigenvalue weighted by Gasteiger charge is 2.52. The minimum absolute atomic E-state index is 0.00273. The van der Waals surface area contributed by atoms with Crippen molar-refractivity contribution < 1.29 is 23.5 Å². The average Bonchev–Trinajstić information content (AvgIpc) is 3.17. The molecule has 1 saturated heterocycles. The van der Waals surface area contributed by atoms with E-state index in [0.717, 1.165) is 4.90 Å². The van der Waals surface area contributed by atoms with Crippen LogP contribution in [-0.2, 0) is 16.1 Å². The van der Waals surface area contributed by atoms with Gasteiger partial charge in [0.05, 0.1) is 36.5 Å². The standard InChI is InChI=1S/C33H26ClFN4O4/c1-33(2)31(41)39(27-15-9-22(18-36)28(17-27)20-4-10-24(34)11-5-20)32(42)38(33)19-23-6-12-25(35)16-29(23)37-26-13-7-21(8-14-26)30(40)43-3/h4-17,37H,19H2,1-3H3. The number of urea groups is 1. The third-order valence-electron chi connectivity index (χ3n) is 7.35. The van der Waals surface area contributed by atoms with Crippen molar-refractivity contribution in [3.8, 4) is 17.2 Å². The van der Waals surface area contributed by atoms with E-state index in [1.165, 1.54) is 24.1 Å². The second-order valence-corrected chi connectivity index (χ2v) is 10.8. The molecule has 1 N–H and O–H groups in total. The van der Waals surface area contributed by atoms with Crippen LogP contribution < -0.4 is 10.2 Å². The summed E-state index contributed by atoms with van der Waals surface area (Å²) in [5.41, 5.74) is 2.62. The Kier molecular flexibility index (Phi) is 7.89. The molecule has 8 nitrogen and oxygen atoms in total. The minimum Gasteiger partial charge on any atom is -0.465 e. The number of imide groups is 1. The van der Waals surface area contributed by atoms with Gasteiger partial charge in [0, 0.05) is 22.0 Å². The number of benzene rings is 4. The van der Waals surface area contributed by atoms with Crippen LogP contribution in [-0.4, -0.2) is 35.5 Å². The van der Waals surface area contributed by atoms with E-state index in [-0.39, 0.29) is 6.54 Å². The number of nitriles is 1. The first-order valence-electron chi connectivity index (χ1n) is 13.2. The predicted octanol–water partition coefficient (Wildman–Crippen LogP) is 7.30.